The molecular weight excluding hydrogens is 399 g/mol. The minimum atomic E-state index is -0.167. The number of rotatable bonds is 2. The van der Waals surface area contributed by atoms with Crippen molar-refractivity contribution in [3.8, 4) is 5.82 Å². The molecule has 0 unspecified atom stereocenters. The minimum Gasteiger partial charge on any atom is -0.371 e. The molecule has 1 aromatic carbocycles. The molecule has 1 spiro atoms. The van der Waals surface area contributed by atoms with Crippen molar-refractivity contribution in [3.05, 3.63) is 76.8 Å². The molecule has 5 heteroatoms. The quantitative estimate of drug-likeness (QED) is 0.457. The molecule has 3 heterocycles. The minimum absolute atomic E-state index is 0. The zero-order valence-corrected chi connectivity index (χ0v) is 19.7. The van der Waals surface area contributed by atoms with E-state index in [2.05, 4.69) is 34.8 Å². The van der Waals surface area contributed by atoms with Crippen molar-refractivity contribution < 1.29 is 5.82 Å². The summed E-state index contributed by atoms with van der Waals surface area (Å²) in [4.78, 5) is 9.42. The summed E-state index contributed by atoms with van der Waals surface area (Å²) in [7, 11) is 0. The van der Waals surface area contributed by atoms with Crippen LogP contribution in [0.15, 0.2) is 48.3 Å². The number of imidazole rings is 1. The van der Waals surface area contributed by atoms with Crippen LogP contribution in [0.2, 0.25) is 0 Å². The second kappa shape index (κ2) is 8.89. The Hall–Kier alpha value is -2.95. The zero-order chi connectivity index (χ0) is 22.9. The van der Waals surface area contributed by atoms with Crippen LogP contribution in [0.4, 0.5) is 10.1 Å². The number of nitrogens with one attached hydrogen (secondary N) is 1. The fraction of sp³-hybridized carbons (Fsp3) is 0.407. The van der Waals surface area contributed by atoms with E-state index in [1.807, 2.05) is 57.4 Å². The van der Waals surface area contributed by atoms with Gasteiger partial charge in [-0.1, -0.05) is 51.5 Å². The molecule has 2 aliphatic rings. The number of nitrogens with zero attached hydrogens (tertiary/aromatic N) is 3. The van der Waals surface area contributed by atoms with Gasteiger partial charge in [0.1, 0.15) is 11.6 Å². The lowest BCUT2D eigenvalue weighted by Crippen LogP contribution is -2.43. The maximum absolute atomic E-state index is 14.3. The van der Waals surface area contributed by atoms with Gasteiger partial charge in [0.05, 0.1) is 23.1 Å². The highest BCUT2D eigenvalue weighted by Gasteiger charge is 2.42. The molecule has 170 valence electrons. The van der Waals surface area contributed by atoms with Gasteiger partial charge in [0.15, 0.2) is 5.82 Å². The first-order chi connectivity index (χ1) is 15.5. The van der Waals surface area contributed by atoms with Gasteiger partial charge in [0.2, 0.25) is 0 Å². The van der Waals surface area contributed by atoms with Gasteiger partial charge >= 0.3 is 0 Å². The summed E-state index contributed by atoms with van der Waals surface area (Å²) in [6.45, 7) is 10.3. The molecular formula is C27H35FN4. The van der Waals surface area contributed by atoms with Crippen LogP contribution >= 0.6 is 0 Å². The topological polar surface area (TPSA) is 42.7 Å². The van der Waals surface area contributed by atoms with Crippen LogP contribution < -0.4 is 5.32 Å². The largest absolute Gasteiger partial charge is 0.371 e. The number of aryl methyl sites for hydroxylation is 1. The van der Waals surface area contributed by atoms with Crippen LogP contribution in [0.3, 0.4) is 0 Å². The fourth-order valence-corrected chi connectivity index (χ4v) is 4.82. The SMILES string of the molecule is CC.Cc1ccc(C=C2CCC3(CC2)Nc2cccnc2-n2c3cnc2C(C)C)c(F)c1.[HH]. The lowest BCUT2D eigenvalue weighted by atomic mass is 9.76. The Balaban J connectivity index is 0.000000994. The van der Waals surface area contributed by atoms with Gasteiger partial charge in [0, 0.05) is 19.1 Å². The average Bonchev–Trinajstić information content (AvgIpc) is 3.26. The molecule has 1 saturated carbocycles. The van der Waals surface area contributed by atoms with Crippen LogP contribution in [-0.2, 0) is 5.54 Å². The maximum atomic E-state index is 14.3. The van der Waals surface area contributed by atoms with E-state index in [1.165, 1.54) is 11.3 Å². The molecule has 0 atom stereocenters. The van der Waals surface area contributed by atoms with Crippen LogP contribution in [-0.4, -0.2) is 14.5 Å². The Bertz CT molecular complexity index is 1140. The molecule has 32 heavy (non-hydrogen) atoms. The number of fused-ring (bicyclic) bond motifs is 4. The number of anilines is 1. The van der Waals surface area contributed by atoms with E-state index in [0.29, 0.717) is 11.5 Å². The first-order valence-corrected chi connectivity index (χ1v) is 11.7. The van der Waals surface area contributed by atoms with Crippen LogP contribution in [0.25, 0.3) is 11.9 Å². The summed E-state index contributed by atoms with van der Waals surface area (Å²) >= 11 is 0. The zero-order valence-electron chi connectivity index (χ0n) is 19.7. The fourth-order valence-electron chi connectivity index (χ4n) is 4.82. The normalized spacial score (nSPS) is 19.0. The number of pyridine rings is 1. The van der Waals surface area contributed by atoms with Gasteiger partial charge in [-0.2, -0.15) is 0 Å². The van der Waals surface area contributed by atoms with Crippen LogP contribution in [0.5, 0.6) is 0 Å². The predicted octanol–water partition coefficient (Wildman–Crippen LogP) is 7.39. The molecule has 3 aromatic rings. The lowest BCUT2D eigenvalue weighted by molar-refractivity contribution is 0.355. The number of halogens is 1. The summed E-state index contributed by atoms with van der Waals surface area (Å²) < 4.78 is 16.6. The molecule has 0 amide bonds. The van der Waals surface area contributed by atoms with Gasteiger partial charge in [-0.3, -0.25) is 4.57 Å². The van der Waals surface area contributed by atoms with Gasteiger partial charge in [-0.05, 0) is 56.4 Å². The Labute approximate surface area is 192 Å². The monoisotopic (exact) mass is 434 g/mol. The molecule has 2 aromatic heterocycles. The van der Waals surface area contributed by atoms with Gasteiger partial charge in [-0.25, -0.2) is 14.4 Å². The van der Waals surface area contributed by atoms with Crippen molar-refractivity contribution in [2.24, 2.45) is 0 Å². The molecule has 0 radical (unpaired) electrons. The Morgan fingerprint density at radius 3 is 2.59 bits per heavy atom. The molecule has 5 rings (SSSR count). The lowest BCUT2D eigenvalue weighted by Gasteiger charge is -2.43. The smallest absolute Gasteiger partial charge is 0.161 e. The Morgan fingerprint density at radius 2 is 1.91 bits per heavy atom. The first-order valence-electron chi connectivity index (χ1n) is 11.7. The van der Waals surface area contributed by atoms with Gasteiger partial charge < -0.3 is 5.32 Å². The molecule has 1 fully saturated rings. The van der Waals surface area contributed by atoms with Crippen LogP contribution in [0, 0.1) is 12.7 Å². The molecule has 1 aliphatic carbocycles. The third kappa shape index (κ3) is 3.85. The van der Waals surface area contributed by atoms with Crippen molar-refractivity contribution >= 4 is 11.8 Å². The van der Waals surface area contributed by atoms with Crippen LogP contribution in [0.1, 0.15) is 83.4 Å². The van der Waals surface area contributed by atoms with Crippen molar-refractivity contribution in [2.45, 2.75) is 71.8 Å². The third-order valence-corrected chi connectivity index (χ3v) is 6.43. The van der Waals surface area contributed by atoms with Crippen molar-refractivity contribution in [1.82, 2.24) is 14.5 Å². The molecule has 0 bridgehead atoms. The number of aromatic nitrogens is 3. The van der Waals surface area contributed by atoms with E-state index in [-0.39, 0.29) is 12.8 Å². The number of hydrogen-bond donors (Lipinski definition) is 1. The van der Waals surface area contributed by atoms with E-state index in [4.69, 9.17) is 4.98 Å². The number of benzene rings is 1. The van der Waals surface area contributed by atoms with E-state index in [1.54, 1.807) is 6.07 Å². The summed E-state index contributed by atoms with van der Waals surface area (Å²) in [6.07, 6.45) is 9.65. The summed E-state index contributed by atoms with van der Waals surface area (Å²) in [6, 6.07) is 9.54. The van der Waals surface area contributed by atoms with Crippen molar-refractivity contribution in [1.29, 1.82) is 0 Å². The number of hydrogen-bond acceptors (Lipinski definition) is 3. The van der Waals surface area contributed by atoms with Gasteiger partial charge in [-0.15, -0.1) is 0 Å². The summed E-state index contributed by atoms with van der Waals surface area (Å²) in [5.74, 6) is 2.15. The van der Waals surface area contributed by atoms with E-state index in [0.717, 1.165) is 48.6 Å². The van der Waals surface area contributed by atoms with Crippen molar-refractivity contribution in [3.63, 3.8) is 0 Å². The highest BCUT2D eigenvalue weighted by atomic mass is 19.1. The molecule has 4 nitrogen and oxygen atoms in total. The van der Waals surface area contributed by atoms with Gasteiger partial charge in [0.25, 0.3) is 0 Å². The maximum Gasteiger partial charge on any atom is 0.161 e. The van der Waals surface area contributed by atoms with E-state index in [9.17, 15) is 4.39 Å². The second-order valence-corrected chi connectivity index (χ2v) is 8.90. The summed E-state index contributed by atoms with van der Waals surface area (Å²) in [5.41, 5.74) is 5.02. The van der Waals surface area contributed by atoms with E-state index >= 15 is 0 Å². The third-order valence-electron chi connectivity index (χ3n) is 6.43. The second-order valence-electron chi connectivity index (χ2n) is 8.90. The standard InChI is InChI=1S/C25H27FN4.C2H6.H2/c1-16(2)23-28-15-22-25(29-21-5-4-12-27-24(21)30(22)23)10-8-18(9-11-25)14-19-7-6-17(3)13-20(19)26;1-2;/h4-7,12-16,29H,8-11H2,1-3H3;1-2H3;1H. The molecule has 1 N–H and O–H groups in total. The predicted molar refractivity (Wildman–Crippen MR) is 132 cm³/mol. The average molecular weight is 435 g/mol. The van der Waals surface area contributed by atoms with Crippen molar-refractivity contribution in [2.75, 3.05) is 5.32 Å². The first kappa shape index (κ1) is 22.3. The number of allylic oxidation sites excluding steroid dienone is 1. The Morgan fingerprint density at radius 1 is 1.16 bits per heavy atom. The highest BCUT2D eigenvalue weighted by Crippen LogP contribution is 2.47. The van der Waals surface area contributed by atoms with E-state index < -0.39 is 0 Å². The molecule has 0 saturated heterocycles. The summed E-state index contributed by atoms with van der Waals surface area (Å²) in [5, 5.41) is 3.80. The Kier molecular flexibility index (Phi) is 6.18. The highest BCUT2D eigenvalue weighted by molar-refractivity contribution is 5.64. The molecule has 1 aliphatic heterocycles.